The van der Waals surface area contributed by atoms with Gasteiger partial charge in [-0.2, -0.15) is 0 Å². The van der Waals surface area contributed by atoms with Gasteiger partial charge in [-0.25, -0.2) is 0 Å². The summed E-state index contributed by atoms with van der Waals surface area (Å²) >= 11 is 0. The number of carbonyl (C=O) groups excluding carboxylic acids is 2. The number of hydrogen-bond acceptors (Lipinski definition) is 2. The largest absolute Gasteiger partial charge is 0.368 e. The van der Waals surface area contributed by atoms with Crippen LogP contribution in [0.3, 0.4) is 0 Å². The van der Waals surface area contributed by atoms with E-state index in [-0.39, 0.29) is 0 Å². The van der Waals surface area contributed by atoms with Gasteiger partial charge in [0.15, 0.2) is 0 Å². The van der Waals surface area contributed by atoms with E-state index in [0.717, 1.165) is 11.1 Å². The first-order chi connectivity index (χ1) is 8.13. The average Bonchev–Trinajstić information content (AvgIpc) is 2.31. The molecule has 0 aromatic heterocycles. The van der Waals surface area contributed by atoms with Gasteiger partial charge in [-0.3, -0.25) is 9.59 Å². The summed E-state index contributed by atoms with van der Waals surface area (Å²) in [4.78, 5) is 23.7. The fraction of sp³-hybridized carbons (Fsp3) is 0.385. The van der Waals surface area contributed by atoms with E-state index >= 15 is 0 Å². The van der Waals surface area contributed by atoms with Gasteiger partial charge < -0.3 is 10.6 Å². The lowest BCUT2D eigenvalue weighted by atomic mass is 9.93. The number of allylic oxidation sites excluding steroid dienone is 3. The molecule has 0 radical (unpaired) electrons. The first-order valence-electron chi connectivity index (χ1n) is 5.61. The third-order valence-electron chi connectivity index (χ3n) is 2.78. The SMILES string of the molecule is C/C=C\C1=C(/C=C\C)CN(C=O)C(C(N)=O)C1. The van der Waals surface area contributed by atoms with Crippen LogP contribution >= 0.6 is 0 Å². The summed E-state index contributed by atoms with van der Waals surface area (Å²) in [6.07, 6.45) is 8.94. The van der Waals surface area contributed by atoms with Crippen molar-refractivity contribution in [1.82, 2.24) is 4.90 Å². The molecule has 2 N–H and O–H groups in total. The maximum Gasteiger partial charge on any atom is 0.240 e. The van der Waals surface area contributed by atoms with E-state index in [1.165, 1.54) is 4.90 Å². The lowest BCUT2D eigenvalue weighted by Gasteiger charge is -2.32. The van der Waals surface area contributed by atoms with E-state index in [1.54, 1.807) is 0 Å². The van der Waals surface area contributed by atoms with Crippen molar-refractivity contribution >= 4 is 12.3 Å². The molecule has 1 aliphatic rings. The van der Waals surface area contributed by atoms with Crippen LogP contribution in [0.1, 0.15) is 20.3 Å². The van der Waals surface area contributed by atoms with Gasteiger partial charge in [-0.05, 0) is 25.0 Å². The molecule has 92 valence electrons. The maximum absolute atomic E-state index is 11.3. The standard InChI is InChI=1S/C13H18N2O2/c1-3-5-10-7-12(13(14)17)15(9-16)8-11(10)6-4-2/h3-6,9,12H,7-8H2,1-2H3,(H2,14,17)/b5-3-,6-4-. The molecular formula is C13H18N2O2. The zero-order valence-corrected chi connectivity index (χ0v) is 10.2. The summed E-state index contributed by atoms with van der Waals surface area (Å²) in [6, 6.07) is -0.535. The zero-order chi connectivity index (χ0) is 12.8. The predicted octanol–water partition coefficient (Wildman–Crippen LogP) is 1.15. The lowest BCUT2D eigenvalue weighted by molar-refractivity contribution is -0.130. The number of nitrogens with zero attached hydrogens (tertiary/aromatic N) is 1. The van der Waals surface area contributed by atoms with Crippen LogP contribution in [0.4, 0.5) is 0 Å². The molecule has 0 fully saturated rings. The Bertz CT molecular complexity index is 394. The van der Waals surface area contributed by atoms with Gasteiger partial charge in [0.2, 0.25) is 12.3 Å². The van der Waals surface area contributed by atoms with Crippen molar-refractivity contribution < 1.29 is 9.59 Å². The number of hydrogen-bond donors (Lipinski definition) is 1. The Morgan fingerprint density at radius 3 is 2.35 bits per heavy atom. The lowest BCUT2D eigenvalue weighted by Crippen LogP contribution is -2.47. The Kier molecular flexibility index (Phi) is 4.69. The highest BCUT2D eigenvalue weighted by atomic mass is 16.2. The zero-order valence-electron chi connectivity index (χ0n) is 10.2. The van der Waals surface area contributed by atoms with Gasteiger partial charge in [0, 0.05) is 13.0 Å². The molecule has 1 atom stereocenters. The number of nitrogens with two attached hydrogens (primary N) is 1. The quantitative estimate of drug-likeness (QED) is 0.742. The summed E-state index contributed by atoms with van der Waals surface area (Å²) < 4.78 is 0. The first-order valence-corrected chi connectivity index (χ1v) is 5.61. The van der Waals surface area contributed by atoms with Gasteiger partial charge in [-0.1, -0.05) is 24.3 Å². The van der Waals surface area contributed by atoms with Crippen molar-refractivity contribution in [3.05, 3.63) is 35.5 Å². The molecule has 17 heavy (non-hydrogen) atoms. The van der Waals surface area contributed by atoms with Crippen LogP contribution in [0.15, 0.2) is 35.5 Å². The maximum atomic E-state index is 11.3. The average molecular weight is 234 g/mol. The van der Waals surface area contributed by atoms with Crippen LogP contribution in [-0.4, -0.2) is 29.8 Å². The Hall–Kier alpha value is -1.84. The minimum atomic E-state index is -0.535. The van der Waals surface area contributed by atoms with Crippen molar-refractivity contribution in [2.24, 2.45) is 5.73 Å². The molecule has 0 aromatic rings. The smallest absolute Gasteiger partial charge is 0.240 e. The van der Waals surface area contributed by atoms with Crippen LogP contribution in [0.25, 0.3) is 0 Å². The molecule has 4 heteroatoms. The normalized spacial score (nSPS) is 21.5. The second-order valence-electron chi connectivity index (χ2n) is 3.95. The molecule has 2 amide bonds. The molecule has 0 bridgehead atoms. The minimum Gasteiger partial charge on any atom is -0.368 e. The molecule has 1 rings (SSSR count). The summed E-state index contributed by atoms with van der Waals surface area (Å²) in [5.41, 5.74) is 7.42. The van der Waals surface area contributed by atoms with Crippen molar-refractivity contribution in [3.63, 3.8) is 0 Å². The third-order valence-corrected chi connectivity index (χ3v) is 2.78. The van der Waals surface area contributed by atoms with Gasteiger partial charge in [0.05, 0.1) is 0 Å². The van der Waals surface area contributed by atoms with E-state index < -0.39 is 11.9 Å². The summed E-state index contributed by atoms with van der Waals surface area (Å²) in [7, 11) is 0. The summed E-state index contributed by atoms with van der Waals surface area (Å²) in [5, 5.41) is 0. The molecule has 0 aromatic carbocycles. The van der Waals surface area contributed by atoms with Crippen LogP contribution in [-0.2, 0) is 9.59 Å². The van der Waals surface area contributed by atoms with E-state index in [4.69, 9.17) is 5.73 Å². The van der Waals surface area contributed by atoms with Crippen LogP contribution in [0.2, 0.25) is 0 Å². The van der Waals surface area contributed by atoms with Crippen molar-refractivity contribution in [2.75, 3.05) is 6.54 Å². The number of amides is 2. The van der Waals surface area contributed by atoms with E-state index in [0.29, 0.717) is 19.4 Å². The topological polar surface area (TPSA) is 63.4 Å². The fourth-order valence-corrected chi connectivity index (χ4v) is 1.98. The summed E-state index contributed by atoms with van der Waals surface area (Å²) in [5.74, 6) is -0.460. The van der Waals surface area contributed by atoms with Crippen molar-refractivity contribution in [1.29, 1.82) is 0 Å². The molecule has 1 heterocycles. The third kappa shape index (κ3) is 3.06. The van der Waals surface area contributed by atoms with Crippen LogP contribution in [0.5, 0.6) is 0 Å². The highest BCUT2D eigenvalue weighted by Gasteiger charge is 2.28. The molecular weight excluding hydrogens is 216 g/mol. The Labute approximate surface area is 101 Å². The van der Waals surface area contributed by atoms with Crippen molar-refractivity contribution in [3.8, 4) is 0 Å². The Morgan fingerprint density at radius 1 is 1.29 bits per heavy atom. The predicted molar refractivity (Wildman–Crippen MR) is 67.0 cm³/mol. The molecule has 4 nitrogen and oxygen atoms in total. The van der Waals surface area contributed by atoms with Gasteiger partial charge >= 0.3 is 0 Å². The molecule has 0 saturated heterocycles. The highest BCUT2D eigenvalue weighted by Crippen LogP contribution is 2.24. The Balaban J connectivity index is 3.10. The number of rotatable bonds is 4. The number of carbonyl (C=O) groups is 2. The van der Waals surface area contributed by atoms with E-state index in [1.807, 2.05) is 38.2 Å². The highest BCUT2D eigenvalue weighted by molar-refractivity contribution is 5.83. The Morgan fingerprint density at radius 2 is 1.88 bits per heavy atom. The van der Waals surface area contributed by atoms with Crippen LogP contribution in [0, 0.1) is 0 Å². The molecule has 1 aliphatic heterocycles. The molecule has 0 spiro atoms. The first kappa shape index (κ1) is 13.2. The second kappa shape index (κ2) is 6.03. The van der Waals surface area contributed by atoms with Crippen molar-refractivity contribution in [2.45, 2.75) is 26.3 Å². The van der Waals surface area contributed by atoms with E-state index in [2.05, 4.69) is 0 Å². The molecule has 0 saturated carbocycles. The van der Waals surface area contributed by atoms with Gasteiger partial charge in [-0.15, -0.1) is 0 Å². The van der Waals surface area contributed by atoms with E-state index in [9.17, 15) is 9.59 Å². The molecule has 0 aliphatic carbocycles. The molecule has 1 unspecified atom stereocenters. The second-order valence-corrected chi connectivity index (χ2v) is 3.95. The summed E-state index contributed by atoms with van der Waals surface area (Å²) in [6.45, 7) is 4.28. The van der Waals surface area contributed by atoms with Gasteiger partial charge in [0.1, 0.15) is 6.04 Å². The minimum absolute atomic E-state index is 0.432. The van der Waals surface area contributed by atoms with Gasteiger partial charge in [0.25, 0.3) is 0 Å². The number of primary amides is 1. The fourth-order valence-electron chi connectivity index (χ4n) is 1.98. The monoisotopic (exact) mass is 234 g/mol. The van der Waals surface area contributed by atoms with Crippen LogP contribution < -0.4 is 5.73 Å².